The lowest BCUT2D eigenvalue weighted by molar-refractivity contribution is -0.885. The summed E-state index contributed by atoms with van der Waals surface area (Å²) < 4.78 is 5.10. The second-order valence-electron chi connectivity index (χ2n) is 4.89. The molecule has 1 aromatic rings. The lowest BCUT2D eigenvalue weighted by atomic mass is 10.2. The van der Waals surface area contributed by atoms with E-state index in [1.165, 1.54) is 0 Å². The van der Waals surface area contributed by atoms with Crippen molar-refractivity contribution in [3.8, 4) is 5.75 Å². The molecule has 0 spiro atoms. The van der Waals surface area contributed by atoms with Crippen LogP contribution in [0.25, 0.3) is 0 Å². The Bertz CT molecular complexity index is 460. The quantitative estimate of drug-likeness (QED) is 0.574. The van der Waals surface area contributed by atoms with Crippen LogP contribution in [0.3, 0.4) is 0 Å². The summed E-state index contributed by atoms with van der Waals surface area (Å²) in [6.07, 6.45) is 0. The van der Waals surface area contributed by atoms with E-state index in [-0.39, 0.29) is 18.4 Å². The van der Waals surface area contributed by atoms with Gasteiger partial charge >= 0.3 is 0 Å². The van der Waals surface area contributed by atoms with Crippen LogP contribution in [0.1, 0.15) is 12.5 Å². The molecule has 0 bridgehead atoms. The van der Waals surface area contributed by atoms with Crippen LogP contribution in [0.15, 0.2) is 24.3 Å². The molecule has 21 heavy (non-hydrogen) atoms. The van der Waals surface area contributed by atoms with E-state index in [0.717, 1.165) is 22.8 Å². The van der Waals surface area contributed by atoms with Gasteiger partial charge in [0, 0.05) is 12.1 Å². The highest BCUT2D eigenvalue weighted by atomic mass is 16.5. The van der Waals surface area contributed by atoms with Crippen LogP contribution in [0.2, 0.25) is 0 Å². The average molecular weight is 294 g/mol. The molecule has 3 N–H and O–H groups in total. The Morgan fingerprint density at radius 1 is 1.14 bits per heavy atom. The molecule has 0 aliphatic heterocycles. The maximum atomic E-state index is 11.7. The number of amides is 2. The number of nitrogens with one attached hydrogen (secondary N) is 3. The fourth-order valence-corrected chi connectivity index (χ4v) is 1.93. The van der Waals surface area contributed by atoms with Gasteiger partial charge in [-0.25, -0.2) is 0 Å². The first kappa shape index (κ1) is 17.0. The second kappa shape index (κ2) is 8.97. The van der Waals surface area contributed by atoms with Crippen molar-refractivity contribution in [2.45, 2.75) is 13.5 Å². The summed E-state index contributed by atoms with van der Waals surface area (Å²) in [4.78, 5) is 24.0. The zero-order chi connectivity index (χ0) is 15.7. The molecule has 0 heterocycles. The molecule has 0 saturated heterocycles. The van der Waals surface area contributed by atoms with Gasteiger partial charge < -0.3 is 20.3 Å². The molecule has 6 heteroatoms. The summed E-state index contributed by atoms with van der Waals surface area (Å²) in [6.45, 7) is 3.50. The normalized spacial score (nSPS) is 11.6. The van der Waals surface area contributed by atoms with Gasteiger partial charge in [-0.1, -0.05) is 0 Å². The maximum absolute atomic E-state index is 11.7. The number of carbonyl (C=O) groups is 2. The smallest absolute Gasteiger partial charge is 0.275 e. The van der Waals surface area contributed by atoms with Gasteiger partial charge in [-0.3, -0.25) is 9.59 Å². The van der Waals surface area contributed by atoms with Gasteiger partial charge in [-0.2, -0.15) is 0 Å². The van der Waals surface area contributed by atoms with E-state index >= 15 is 0 Å². The molecule has 0 fully saturated rings. The van der Waals surface area contributed by atoms with Gasteiger partial charge in [0.25, 0.3) is 5.91 Å². The molecule has 0 radical (unpaired) electrons. The van der Waals surface area contributed by atoms with Crippen LogP contribution in [0.5, 0.6) is 5.75 Å². The van der Waals surface area contributed by atoms with Crippen LogP contribution >= 0.6 is 0 Å². The SMILES string of the molecule is CCNC(=O)CNC(=O)C[NH+](C)Cc1ccc(OC)cc1. The van der Waals surface area contributed by atoms with Crippen LogP contribution in [0, 0.1) is 0 Å². The van der Waals surface area contributed by atoms with Crippen molar-refractivity contribution in [2.75, 3.05) is 33.8 Å². The van der Waals surface area contributed by atoms with Crippen molar-refractivity contribution in [2.24, 2.45) is 0 Å². The van der Waals surface area contributed by atoms with Gasteiger partial charge in [0.2, 0.25) is 5.91 Å². The van der Waals surface area contributed by atoms with Gasteiger partial charge in [0.05, 0.1) is 20.7 Å². The number of benzene rings is 1. The molecule has 2 amide bonds. The third-order valence-corrected chi connectivity index (χ3v) is 2.95. The fraction of sp³-hybridized carbons (Fsp3) is 0.467. The topological polar surface area (TPSA) is 71.9 Å². The Morgan fingerprint density at radius 3 is 2.38 bits per heavy atom. The molecule has 0 aliphatic carbocycles. The van der Waals surface area contributed by atoms with Gasteiger partial charge in [-0.05, 0) is 31.2 Å². The average Bonchev–Trinajstić information content (AvgIpc) is 2.46. The highest BCUT2D eigenvalue weighted by molar-refractivity contribution is 5.84. The Kier molecular flexibility index (Phi) is 7.25. The molecule has 1 atom stereocenters. The van der Waals surface area contributed by atoms with E-state index < -0.39 is 0 Å². The lowest BCUT2D eigenvalue weighted by Crippen LogP contribution is -3.08. The van der Waals surface area contributed by atoms with E-state index in [4.69, 9.17) is 4.74 Å². The number of hydrogen-bond donors (Lipinski definition) is 3. The summed E-state index contributed by atoms with van der Waals surface area (Å²) in [6, 6.07) is 7.76. The molecular formula is C15H24N3O3+. The van der Waals surface area contributed by atoms with Crippen molar-refractivity contribution < 1.29 is 19.2 Å². The number of methoxy groups -OCH3 is 1. The Morgan fingerprint density at radius 2 is 1.81 bits per heavy atom. The predicted octanol–water partition coefficient (Wildman–Crippen LogP) is -1.04. The third-order valence-electron chi connectivity index (χ3n) is 2.95. The summed E-state index contributed by atoms with van der Waals surface area (Å²) in [7, 11) is 3.57. The molecule has 0 aromatic heterocycles. The highest BCUT2D eigenvalue weighted by Gasteiger charge is 2.11. The highest BCUT2D eigenvalue weighted by Crippen LogP contribution is 2.10. The number of rotatable bonds is 8. The van der Waals surface area contributed by atoms with E-state index in [1.54, 1.807) is 7.11 Å². The van der Waals surface area contributed by atoms with Crippen molar-refractivity contribution in [3.63, 3.8) is 0 Å². The van der Waals surface area contributed by atoms with Crippen molar-refractivity contribution in [1.29, 1.82) is 0 Å². The summed E-state index contributed by atoms with van der Waals surface area (Å²) in [5.74, 6) is 0.516. The molecule has 0 saturated carbocycles. The molecule has 116 valence electrons. The summed E-state index contributed by atoms with van der Waals surface area (Å²) in [5.41, 5.74) is 1.13. The summed E-state index contributed by atoms with van der Waals surface area (Å²) in [5, 5.41) is 5.24. The molecule has 6 nitrogen and oxygen atoms in total. The predicted molar refractivity (Wildman–Crippen MR) is 80.1 cm³/mol. The van der Waals surface area contributed by atoms with Crippen LogP contribution < -0.4 is 20.3 Å². The van der Waals surface area contributed by atoms with Crippen LogP contribution in [-0.2, 0) is 16.1 Å². The number of ether oxygens (including phenoxy) is 1. The number of hydrogen-bond acceptors (Lipinski definition) is 3. The zero-order valence-electron chi connectivity index (χ0n) is 12.9. The summed E-state index contributed by atoms with van der Waals surface area (Å²) >= 11 is 0. The molecule has 1 rings (SSSR count). The largest absolute Gasteiger partial charge is 0.497 e. The minimum atomic E-state index is -0.168. The number of likely N-dealkylation sites (N-methyl/N-ethyl adjacent to an activating group) is 2. The second-order valence-corrected chi connectivity index (χ2v) is 4.89. The van der Waals surface area contributed by atoms with Crippen LogP contribution in [-0.4, -0.2) is 45.6 Å². The molecule has 0 aliphatic rings. The van der Waals surface area contributed by atoms with Gasteiger partial charge in [0.15, 0.2) is 6.54 Å². The van der Waals surface area contributed by atoms with Gasteiger partial charge in [-0.15, -0.1) is 0 Å². The number of quaternary nitrogens is 1. The fourth-order valence-electron chi connectivity index (χ4n) is 1.93. The minimum absolute atomic E-state index is 0.0302. The monoisotopic (exact) mass is 294 g/mol. The first-order valence-electron chi connectivity index (χ1n) is 7.02. The Balaban J connectivity index is 2.33. The molecule has 1 aromatic carbocycles. The standard InChI is InChI=1S/C15H23N3O3/c1-4-16-14(19)9-17-15(20)11-18(2)10-12-5-7-13(21-3)8-6-12/h5-8H,4,9-11H2,1-3H3,(H,16,19)(H,17,20)/p+1. The van der Waals surface area contributed by atoms with E-state index in [2.05, 4.69) is 10.6 Å². The van der Waals surface area contributed by atoms with Crippen molar-refractivity contribution in [3.05, 3.63) is 29.8 Å². The van der Waals surface area contributed by atoms with E-state index in [1.807, 2.05) is 38.2 Å². The zero-order valence-corrected chi connectivity index (χ0v) is 12.9. The Hall–Kier alpha value is -2.08. The van der Waals surface area contributed by atoms with E-state index in [9.17, 15) is 9.59 Å². The van der Waals surface area contributed by atoms with E-state index in [0.29, 0.717) is 13.1 Å². The van der Waals surface area contributed by atoms with Crippen LogP contribution in [0.4, 0.5) is 0 Å². The third kappa shape index (κ3) is 6.76. The molecule has 1 unspecified atom stereocenters. The van der Waals surface area contributed by atoms with Gasteiger partial charge in [0.1, 0.15) is 12.3 Å². The van der Waals surface area contributed by atoms with Crippen molar-refractivity contribution in [1.82, 2.24) is 10.6 Å². The lowest BCUT2D eigenvalue weighted by Gasteiger charge is -2.14. The van der Waals surface area contributed by atoms with Crippen molar-refractivity contribution >= 4 is 11.8 Å². The first-order valence-corrected chi connectivity index (χ1v) is 7.02. The minimum Gasteiger partial charge on any atom is -0.497 e. The first-order chi connectivity index (χ1) is 10.0. The maximum Gasteiger partial charge on any atom is 0.275 e. The number of carbonyl (C=O) groups excluding carboxylic acids is 2. The Labute approximate surface area is 125 Å². The molecular weight excluding hydrogens is 270 g/mol.